The van der Waals surface area contributed by atoms with Crippen LogP contribution in [0.1, 0.15) is 18.3 Å². The lowest BCUT2D eigenvalue weighted by atomic mass is 10.3. The van der Waals surface area contributed by atoms with Crippen molar-refractivity contribution in [1.29, 1.82) is 0 Å². The van der Waals surface area contributed by atoms with Crippen molar-refractivity contribution in [2.24, 2.45) is 7.05 Å². The van der Waals surface area contributed by atoms with Gasteiger partial charge in [0.15, 0.2) is 4.34 Å². The van der Waals surface area contributed by atoms with Crippen LogP contribution in [0.4, 0.5) is 16.5 Å². The first-order valence-corrected chi connectivity index (χ1v) is 9.77. The van der Waals surface area contributed by atoms with Crippen LogP contribution in [0.15, 0.2) is 34.7 Å². The number of nitrogens with one attached hydrogen (secondary N) is 2. The van der Waals surface area contributed by atoms with Gasteiger partial charge in [0.25, 0.3) is 0 Å². The summed E-state index contributed by atoms with van der Waals surface area (Å²) in [7, 11) is 1.86. The van der Waals surface area contributed by atoms with Gasteiger partial charge in [0, 0.05) is 12.7 Å². The summed E-state index contributed by atoms with van der Waals surface area (Å²) < 4.78 is 2.50. The molecule has 0 radical (unpaired) electrons. The lowest BCUT2D eigenvalue weighted by Crippen LogP contribution is -2.23. The summed E-state index contributed by atoms with van der Waals surface area (Å²) in [4.78, 5) is 12.5. The quantitative estimate of drug-likeness (QED) is 0.626. The Hall–Kier alpha value is -2.39. The largest absolute Gasteiger partial charge is 0.330 e. The zero-order chi connectivity index (χ0) is 18.7. The van der Waals surface area contributed by atoms with Gasteiger partial charge in [-0.05, 0) is 32.9 Å². The number of aromatic nitrogens is 4. The predicted molar refractivity (Wildman–Crippen MR) is 106 cm³/mol. The molecular formula is C17H20N6OS2. The van der Waals surface area contributed by atoms with Crippen LogP contribution >= 0.6 is 23.1 Å². The minimum atomic E-state index is -0.300. The second kappa shape index (κ2) is 7.88. The fourth-order valence-corrected chi connectivity index (χ4v) is 4.25. The third-order valence-electron chi connectivity index (χ3n) is 3.84. The van der Waals surface area contributed by atoms with Crippen molar-refractivity contribution in [1.82, 2.24) is 20.0 Å². The van der Waals surface area contributed by atoms with Crippen LogP contribution in [0.3, 0.4) is 0 Å². The molecule has 0 aliphatic carbocycles. The number of hydrogen-bond donors (Lipinski definition) is 2. The Labute approximate surface area is 160 Å². The number of anilines is 3. The molecule has 1 atom stereocenters. The number of aryl methyl sites for hydroxylation is 2. The lowest BCUT2D eigenvalue weighted by Gasteiger charge is -2.10. The van der Waals surface area contributed by atoms with Crippen molar-refractivity contribution in [3.63, 3.8) is 0 Å². The topological polar surface area (TPSA) is 84.7 Å². The summed E-state index contributed by atoms with van der Waals surface area (Å²) in [5.41, 5.74) is 3.46. The molecule has 3 aromatic rings. The third kappa shape index (κ3) is 4.23. The van der Waals surface area contributed by atoms with Gasteiger partial charge >= 0.3 is 0 Å². The van der Waals surface area contributed by atoms with Gasteiger partial charge in [-0.25, -0.2) is 0 Å². The summed E-state index contributed by atoms with van der Waals surface area (Å²) in [6.07, 6.45) is 0. The maximum absolute atomic E-state index is 12.5. The number of benzene rings is 1. The average Bonchev–Trinajstić information content (AvgIpc) is 3.15. The molecule has 1 amide bonds. The molecule has 2 aromatic heterocycles. The number of rotatable bonds is 6. The van der Waals surface area contributed by atoms with E-state index in [4.69, 9.17) is 0 Å². The molecule has 0 bridgehead atoms. The van der Waals surface area contributed by atoms with Crippen LogP contribution in [-0.2, 0) is 11.8 Å². The van der Waals surface area contributed by atoms with Crippen LogP contribution in [0.25, 0.3) is 0 Å². The van der Waals surface area contributed by atoms with E-state index >= 15 is 0 Å². The van der Waals surface area contributed by atoms with Crippen LogP contribution in [0.2, 0.25) is 0 Å². The van der Waals surface area contributed by atoms with E-state index in [-0.39, 0.29) is 11.2 Å². The first-order chi connectivity index (χ1) is 12.4. The summed E-state index contributed by atoms with van der Waals surface area (Å²) in [5, 5.41) is 19.2. The highest BCUT2D eigenvalue weighted by Gasteiger charge is 2.20. The molecule has 26 heavy (non-hydrogen) atoms. The summed E-state index contributed by atoms with van der Waals surface area (Å²) >= 11 is 2.81. The molecule has 7 nitrogen and oxygen atoms in total. The summed E-state index contributed by atoms with van der Waals surface area (Å²) in [5.74, 6) is -0.0815. The Morgan fingerprint density at radius 3 is 2.62 bits per heavy atom. The number of amides is 1. The van der Waals surface area contributed by atoms with E-state index in [1.165, 1.54) is 23.1 Å². The van der Waals surface area contributed by atoms with E-state index in [2.05, 4.69) is 25.9 Å². The Bertz CT molecular complexity index is 905. The van der Waals surface area contributed by atoms with Gasteiger partial charge in [0.05, 0.1) is 22.3 Å². The molecule has 1 aromatic carbocycles. The molecule has 2 heterocycles. The molecule has 2 N–H and O–H groups in total. The Morgan fingerprint density at radius 2 is 1.96 bits per heavy atom. The summed E-state index contributed by atoms with van der Waals surface area (Å²) in [6.45, 7) is 5.67. The number of carbonyl (C=O) groups excluding carboxylic acids is 1. The zero-order valence-corrected chi connectivity index (χ0v) is 16.6. The number of thioether (sulfide) groups is 1. The molecule has 0 fully saturated rings. The Morgan fingerprint density at radius 1 is 1.23 bits per heavy atom. The zero-order valence-electron chi connectivity index (χ0n) is 15.0. The molecule has 9 heteroatoms. The van der Waals surface area contributed by atoms with Crippen molar-refractivity contribution in [3.05, 3.63) is 41.7 Å². The van der Waals surface area contributed by atoms with Gasteiger partial charge in [0.1, 0.15) is 0 Å². The number of para-hydroxylation sites is 1. The van der Waals surface area contributed by atoms with Crippen LogP contribution in [0.5, 0.6) is 0 Å². The van der Waals surface area contributed by atoms with Gasteiger partial charge in [-0.2, -0.15) is 5.10 Å². The second-order valence-electron chi connectivity index (χ2n) is 5.78. The normalized spacial score (nSPS) is 12.0. The smallest absolute Gasteiger partial charge is 0.237 e. The fraction of sp³-hybridized carbons (Fsp3) is 0.294. The van der Waals surface area contributed by atoms with Crippen molar-refractivity contribution >= 4 is 45.5 Å². The minimum absolute atomic E-state index is 0.0815. The van der Waals surface area contributed by atoms with Crippen LogP contribution in [-0.4, -0.2) is 31.1 Å². The fourth-order valence-electron chi connectivity index (χ4n) is 2.34. The van der Waals surface area contributed by atoms with Crippen molar-refractivity contribution in [2.75, 3.05) is 10.6 Å². The highest BCUT2D eigenvalue weighted by atomic mass is 32.2. The Kier molecular flexibility index (Phi) is 5.58. The second-order valence-corrected chi connectivity index (χ2v) is 8.35. The molecular weight excluding hydrogens is 368 g/mol. The molecule has 136 valence electrons. The number of hydrogen-bond acceptors (Lipinski definition) is 7. The van der Waals surface area contributed by atoms with Gasteiger partial charge in [-0.3, -0.25) is 9.48 Å². The van der Waals surface area contributed by atoms with Gasteiger partial charge in [-0.15, -0.1) is 10.2 Å². The molecule has 0 aliphatic rings. The van der Waals surface area contributed by atoms with Crippen LogP contribution < -0.4 is 10.6 Å². The van der Waals surface area contributed by atoms with E-state index in [1.807, 2.05) is 58.2 Å². The predicted octanol–water partition coefficient (Wildman–Crippen LogP) is 3.75. The average molecular weight is 389 g/mol. The van der Waals surface area contributed by atoms with Crippen molar-refractivity contribution in [2.45, 2.75) is 30.4 Å². The van der Waals surface area contributed by atoms with Gasteiger partial charge in [0.2, 0.25) is 11.0 Å². The molecule has 0 saturated heterocycles. The van der Waals surface area contributed by atoms with E-state index in [1.54, 1.807) is 4.68 Å². The van der Waals surface area contributed by atoms with Gasteiger partial charge < -0.3 is 10.6 Å². The van der Waals surface area contributed by atoms with Crippen molar-refractivity contribution in [3.8, 4) is 0 Å². The monoisotopic (exact) mass is 388 g/mol. The molecule has 3 rings (SSSR count). The standard InChI is InChI=1S/C17H20N6OS2/c1-10-14(11(2)23(4)22-10)19-15(24)12(3)25-17-21-20-16(26-17)18-13-8-6-5-7-9-13/h5-9,12H,1-4H3,(H,18,20)(H,19,24)/t12-/m0/s1. The maximum Gasteiger partial charge on any atom is 0.237 e. The molecule has 0 saturated carbocycles. The van der Waals surface area contributed by atoms with E-state index < -0.39 is 0 Å². The maximum atomic E-state index is 12.5. The lowest BCUT2D eigenvalue weighted by molar-refractivity contribution is -0.115. The SMILES string of the molecule is Cc1nn(C)c(C)c1NC(=O)[C@H](C)Sc1nnc(Nc2ccccc2)s1. The first-order valence-electron chi connectivity index (χ1n) is 8.07. The van der Waals surface area contributed by atoms with E-state index in [9.17, 15) is 4.79 Å². The molecule has 0 aliphatic heterocycles. The van der Waals surface area contributed by atoms with Crippen LogP contribution in [0, 0.1) is 13.8 Å². The summed E-state index contributed by atoms with van der Waals surface area (Å²) in [6, 6.07) is 9.78. The van der Waals surface area contributed by atoms with Gasteiger partial charge in [-0.1, -0.05) is 41.3 Å². The van der Waals surface area contributed by atoms with Crippen molar-refractivity contribution < 1.29 is 4.79 Å². The highest BCUT2D eigenvalue weighted by Crippen LogP contribution is 2.31. The first kappa shape index (κ1) is 18.4. The van der Waals surface area contributed by atoms with E-state index in [0.29, 0.717) is 5.13 Å². The minimum Gasteiger partial charge on any atom is -0.330 e. The number of nitrogens with zero attached hydrogens (tertiary/aromatic N) is 4. The van der Waals surface area contributed by atoms with E-state index in [0.717, 1.165) is 27.1 Å². The third-order valence-corrected chi connectivity index (χ3v) is 5.86. The Balaban J connectivity index is 1.61. The molecule has 0 spiro atoms. The number of carbonyl (C=O) groups is 1. The molecule has 0 unspecified atom stereocenters. The highest BCUT2D eigenvalue weighted by molar-refractivity contribution is 8.02.